The van der Waals surface area contributed by atoms with E-state index in [1.807, 2.05) is 33.9 Å². The van der Waals surface area contributed by atoms with E-state index >= 15 is 0 Å². The second kappa shape index (κ2) is 7.98. The van der Waals surface area contributed by atoms with Gasteiger partial charge in [-0.2, -0.15) is 13.2 Å². The van der Waals surface area contributed by atoms with Crippen LogP contribution in [0.15, 0.2) is 24.3 Å². The molecule has 0 amide bonds. The van der Waals surface area contributed by atoms with Gasteiger partial charge in [0.25, 0.3) is 5.78 Å². The summed E-state index contributed by atoms with van der Waals surface area (Å²) in [5.74, 6) is -2.00. The molecule has 158 valence electrons. The first kappa shape index (κ1) is 24.4. The van der Waals surface area contributed by atoms with E-state index in [0.717, 1.165) is 12.1 Å². The molecule has 1 atom stereocenters. The zero-order valence-corrected chi connectivity index (χ0v) is 18.7. The Hall–Kier alpha value is -1.67. The largest absolute Gasteiger partial charge is 0.454 e. The molecular weight excluding hydrogens is 389 g/mol. The number of hydrogen-bond acceptors (Lipinski definition) is 4. The van der Waals surface area contributed by atoms with E-state index in [1.165, 1.54) is 12.1 Å². The lowest BCUT2D eigenvalue weighted by Crippen LogP contribution is -2.44. The van der Waals surface area contributed by atoms with Crippen LogP contribution in [0, 0.1) is 0 Å². The smallest absolute Gasteiger partial charge is 0.416 e. The highest BCUT2D eigenvalue weighted by Gasteiger charge is 2.43. The summed E-state index contributed by atoms with van der Waals surface area (Å²) in [6.45, 7) is 14.5. The van der Waals surface area contributed by atoms with E-state index in [9.17, 15) is 22.8 Å². The molecule has 0 aliphatic rings. The fourth-order valence-electron chi connectivity index (χ4n) is 2.03. The topological polar surface area (TPSA) is 52.6 Å². The lowest BCUT2D eigenvalue weighted by molar-refractivity contribution is -0.165. The Morgan fingerprint density at radius 2 is 1.39 bits per heavy atom. The molecule has 0 aromatic heterocycles. The molecule has 8 heteroatoms. The zero-order chi connectivity index (χ0) is 22.1. The molecule has 0 saturated carbocycles. The molecule has 28 heavy (non-hydrogen) atoms. The predicted molar refractivity (Wildman–Crippen MR) is 103 cm³/mol. The van der Waals surface area contributed by atoms with Crippen LogP contribution in [0.2, 0.25) is 18.1 Å². The quantitative estimate of drug-likeness (QED) is 0.351. The predicted octanol–water partition coefficient (Wildman–Crippen LogP) is 5.68. The Balaban J connectivity index is 3.32. The van der Waals surface area contributed by atoms with Crippen LogP contribution in [0.5, 0.6) is 0 Å². The zero-order valence-electron chi connectivity index (χ0n) is 17.7. The number of halogens is 3. The van der Waals surface area contributed by atoms with Crippen molar-refractivity contribution in [1.82, 2.24) is 0 Å². The first-order valence-corrected chi connectivity index (χ1v) is 11.9. The number of Topliss-reactive ketones (excluding diaryl/α,β-unsaturated/α-hetero) is 1. The fraction of sp³-hybridized carbons (Fsp3) is 0.600. The van der Waals surface area contributed by atoms with Crippen molar-refractivity contribution in [2.24, 2.45) is 0 Å². The van der Waals surface area contributed by atoms with E-state index in [2.05, 4.69) is 0 Å². The summed E-state index contributed by atoms with van der Waals surface area (Å²) in [5.41, 5.74) is -1.53. The molecule has 0 aliphatic heterocycles. The van der Waals surface area contributed by atoms with Gasteiger partial charge < -0.3 is 9.16 Å². The number of esters is 1. The van der Waals surface area contributed by atoms with Crippen molar-refractivity contribution in [1.29, 1.82) is 0 Å². The first-order chi connectivity index (χ1) is 12.3. The number of hydrogen-bond donors (Lipinski definition) is 0. The molecule has 1 unspecified atom stereocenters. The van der Waals surface area contributed by atoms with Gasteiger partial charge in [-0.15, -0.1) is 0 Å². The summed E-state index contributed by atoms with van der Waals surface area (Å²) in [6.07, 6.45) is -5.82. The Morgan fingerprint density at radius 3 is 1.75 bits per heavy atom. The minimum Gasteiger partial charge on any atom is -0.454 e. The average molecular weight is 419 g/mol. The van der Waals surface area contributed by atoms with Crippen molar-refractivity contribution in [3.63, 3.8) is 0 Å². The summed E-state index contributed by atoms with van der Waals surface area (Å²) in [6, 6.07) is 4.09. The Kier molecular flexibility index (Phi) is 6.95. The highest BCUT2D eigenvalue weighted by molar-refractivity contribution is 6.74. The van der Waals surface area contributed by atoms with Gasteiger partial charge in [0.05, 0.1) is 5.56 Å². The number of ketones is 1. The number of benzene rings is 1. The molecule has 0 aliphatic carbocycles. The van der Waals surface area contributed by atoms with Crippen molar-refractivity contribution < 1.29 is 31.9 Å². The van der Waals surface area contributed by atoms with Crippen LogP contribution >= 0.6 is 0 Å². The lowest BCUT2D eigenvalue weighted by atomic mass is 10.0. The molecule has 1 rings (SSSR count). The van der Waals surface area contributed by atoms with E-state index in [0.29, 0.717) is 0 Å². The van der Waals surface area contributed by atoms with Crippen LogP contribution < -0.4 is 0 Å². The van der Waals surface area contributed by atoms with Crippen molar-refractivity contribution in [3.05, 3.63) is 35.4 Å². The molecule has 0 fully saturated rings. The van der Waals surface area contributed by atoms with Gasteiger partial charge in [0.15, 0.2) is 8.32 Å². The minimum atomic E-state index is -4.50. The van der Waals surface area contributed by atoms with Crippen molar-refractivity contribution in [2.45, 2.75) is 77.6 Å². The SMILES string of the molecule is CC(C)(C)OC(=O)C(=O)C(O[Si](C)(C)C(C)(C)C)c1ccc(C(F)(F)F)cc1. The third-order valence-corrected chi connectivity index (χ3v) is 9.03. The summed E-state index contributed by atoms with van der Waals surface area (Å²) >= 11 is 0. The molecule has 0 N–H and O–H groups in total. The second-order valence-electron chi connectivity index (χ2n) is 9.24. The van der Waals surface area contributed by atoms with Gasteiger partial charge in [-0.25, -0.2) is 4.79 Å². The Morgan fingerprint density at radius 1 is 0.929 bits per heavy atom. The Labute approximate surface area is 165 Å². The van der Waals surface area contributed by atoms with E-state index in [1.54, 1.807) is 20.8 Å². The number of rotatable bonds is 5. The van der Waals surface area contributed by atoms with Gasteiger partial charge >= 0.3 is 12.1 Å². The summed E-state index contributed by atoms with van der Waals surface area (Å²) < 4.78 is 49.8. The van der Waals surface area contributed by atoms with Crippen LogP contribution in [0.1, 0.15) is 58.8 Å². The number of ether oxygens (including phenoxy) is 1. The van der Waals surface area contributed by atoms with E-state index in [-0.39, 0.29) is 10.6 Å². The Bertz CT molecular complexity index is 711. The third-order valence-electron chi connectivity index (χ3n) is 4.60. The number of alkyl halides is 3. The molecule has 0 saturated heterocycles. The van der Waals surface area contributed by atoms with Gasteiger partial charge in [0.2, 0.25) is 0 Å². The highest BCUT2D eigenvalue weighted by atomic mass is 28.4. The normalized spacial score (nSPS) is 14.5. The van der Waals surface area contributed by atoms with Gasteiger partial charge in [-0.1, -0.05) is 32.9 Å². The average Bonchev–Trinajstić information content (AvgIpc) is 2.48. The second-order valence-corrected chi connectivity index (χ2v) is 14.0. The number of carbonyl (C=O) groups excluding carboxylic acids is 2. The lowest BCUT2D eigenvalue weighted by Gasteiger charge is -2.38. The van der Waals surface area contributed by atoms with Crippen LogP contribution in [0.25, 0.3) is 0 Å². The molecule has 0 bridgehead atoms. The van der Waals surface area contributed by atoms with Crippen LogP contribution in [0.4, 0.5) is 13.2 Å². The molecule has 0 radical (unpaired) electrons. The molecule has 1 aromatic carbocycles. The summed E-state index contributed by atoms with van der Waals surface area (Å²) in [4.78, 5) is 25.1. The standard InChI is InChI=1S/C20H29F3O4Si/c1-18(2,3)26-17(25)15(24)16(27-28(7,8)19(4,5)6)13-9-11-14(12-10-13)20(21,22)23/h9-12,16H,1-8H3. The van der Waals surface area contributed by atoms with Crippen LogP contribution in [0.3, 0.4) is 0 Å². The maximum Gasteiger partial charge on any atom is 0.416 e. The summed E-state index contributed by atoms with van der Waals surface area (Å²) in [7, 11) is -2.52. The molecular formula is C20H29F3O4Si. The minimum absolute atomic E-state index is 0.189. The van der Waals surface area contributed by atoms with Crippen molar-refractivity contribution in [2.75, 3.05) is 0 Å². The molecule has 4 nitrogen and oxygen atoms in total. The van der Waals surface area contributed by atoms with E-state index < -0.39 is 43.5 Å². The van der Waals surface area contributed by atoms with Crippen LogP contribution in [-0.2, 0) is 24.9 Å². The molecule has 1 aromatic rings. The van der Waals surface area contributed by atoms with Gasteiger partial charge in [0.1, 0.15) is 11.7 Å². The van der Waals surface area contributed by atoms with Gasteiger partial charge in [-0.3, -0.25) is 4.79 Å². The van der Waals surface area contributed by atoms with Crippen LogP contribution in [-0.4, -0.2) is 25.7 Å². The maximum atomic E-state index is 12.9. The number of carbonyl (C=O) groups is 2. The molecule has 0 heterocycles. The summed E-state index contributed by atoms with van der Waals surface area (Å²) in [5, 5.41) is -0.272. The first-order valence-electron chi connectivity index (χ1n) is 8.97. The fourth-order valence-corrected chi connectivity index (χ4v) is 3.21. The van der Waals surface area contributed by atoms with Crippen molar-refractivity contribution in [3.8, 4) is 0 Å². The van der Waals surface area contributed by atoms with Crippen molar-refractivity contribution >= 4 is 20.1 Å². The van der Waals surface area contributed by atoms with E-state index in [4.69, 9.17) is 9.16 Å². The van der Waals surface area contributed by atoms with Gasteiger partial charge in [0, 0.05) is 0 Å². The monoisotopic (exact) mass is 418 g/mol. The van der Waals surface area contributed by atoms with Gasteiger partial charge in [-0.05, 0) is 56.6 Å². The maximum absolute atomic E-state index is 12.9. The molecule has 0 spiro atoms. The highest BCUT2D eigenvalue weighted by Crippen LogP contribution is 2.40. The third kappa shape index (κ3) is 6.44.